The number of carbonyl (C=O) groups excluding carboxylic acids is 2. The van der Waals surface area contributed by atoms with Crippen LogP contribution in [0.4, 0.5) is 5.69 Å². The monoisotopic (exact) mass is 426 g/mol. The minimum Gasteiger partial charge on any atom is -0.327 e. The Kier molecular flexibility index (Phi) is 6.82. The first-order valence-corrected chi connectivity index (χ1v) is 12.3. The predicted molar refractivity (Wildman–Crippen MR) is 122 cm³/mol. The van der Waals surface area contributed by atoms with E-state index in [0.29, 0.717) is 17.5 Å². The molecule has 0 radical (unpaired) electrons. The maximum Gasteiger partial charge on any atom is 0.251 e. The normalized spacial score (nSPS) is 19.0. The quantitative estimate of drug-likeness (QED) is 0.710. The fourth-order valence-corrected chi connectivity index (χ4v) is 6.74. The van der Waals surface area contributed by atoms with E-state index in [9.17, 15) is 9.59 Å². The molecule has 1 N–H and O–H groups in total. The maximum absolute atomic E-state index is 13.3. The van der Waals surface area contributed by atoms with Gasteiger partial charge in [-0.1, -0.05) is 42.5 Å². The van der Waals surface area contributed by atoms with Crippen molar-refractivity contribution in [3.8, 4) is 0 Å². The zero-order valence-corrected chi connectivity index (χ0v) is 18.0. The first-order valence-electron chi connectivity index (χ1n) is 10.2. The summed E-state index contributed by atoms with van der Waals surface area (Å²) in [4.78, 5) is 27.6. The third-order valence-corrected chi connectivity index (χ3v) is 8.30. The number of nitrogens with zero attached hydrogens (tertiary/aromatic N) is 1. The van der Waals surface area contributed by atoms with Gasteiger partial charge in [0, 0.05) is 18.7 Å². The maximum atomic E-state index is 13.3. The molecule has 0 spiro atoms. The highest BCUT2D eigenvalue weighted by Crippen LogP contribution is 2.44. The van der Waals surface area contributed by atoms with E-state index in [1.54, 1.807) is 4.90 Å². The van der Waals surface area contributed by atoms with Crippen molar-refractivity contribution in [3.05, 3.63) is 65.7 Å². The summed E-state index contributed by atoms with van der Waals surface area (Å²) in [6, 6.07) is 17.2. The Morgan fingerprint density at radius 2 is 1.79 bits per heavy atom. The number of likely N-dealkylation sites (tertiary alicyclic amines) is 1. The van der Waals surface area contributed by atoms with Gasteiger partial charge in [0.25, 0.3) is 5.91 Å². The zero-order valence-electron chi connectivity index (χ0n) is 16.4. The van der Waals surface area contributed by atoms with Gasteiger partial charge in [-0.2, -0.15) is 0 Å². The van der Waals surface area contributed by atoms with Gasteiger partial charge in [-0.15, -0.1) is 23.5 Å². The molecule has 2 aliphatic heterocycles. The number of amides is 2. The molecule has 0 aliphatic carbocycles. The highest BCUT2D eigenvalue weighted by Gasteiger charge is 2.32. The van der Waals surface area contributed by atoms with Crippen LogP contribution in [0.25, 0.3) is 0 Å². The SMILES string of the molecule is O=C(Nc1cccc(C2SCCCS2)c1)C(c1ccccc1)N1CCCCC1=O. The first-order chi connectivity index (χ1) is 14.2. The summed E-state index contributed by atoms with van der Waals surface area (Å²) in [7, 11) is 0. The number of hydrogen-bond acceptors (Lipinski definition) is 4. The van der Waals surface area contributed by atoms with Crippen LogP contribution in [0.2, 0.25) is 0 Å². The van der Waals surface area contributed by atoms with Gasteiger partial charge < -0.3 is 10.2 Å². The van der Waals surface area contributed by atoms with Crippen molar-refractivity contribution < 1.29 is 9.59 Å². The van der Waals surface area contributed by atoms with Gasteiger partial charge in [0.2, 0.25) is 5.91 Å². The molecule has 2 heterocycles. The van der Waals surface area contributed by atoms with Gasteiger partial charge in [-0.05, 0) is 54.0 Å². The molecule has 6 heteroatoms. The van der Waals surface area contributed by atoms with Crippen molar-refractivity contribution in [2.45, 2.75) is 36.3 Å². The van der Waals surface area contributed by atoms with Crippen molar-refractivity contribution in [1.82, 2.24) is 4.90 Å². The van der Waals surface area contributed by atoms with E-state index in [0.717, 1.165) is 24.1 Å². The molecule has 4 rings (SSSR count). The van der Waals surface area contributed by atoms with Crippen molar-refractivity contribution >= 4 is 41.0 Å². The van der Waals surface area contributed by atoms with Crippen molar-refractivity contribution in [3.63, 3.8) is 0 Å². The van der Waals surface area contributed by atoms with E-state index in [2.05, 4.69) is 17.4 Å². The summed E-state index contributed by atoms with van der Waals surface area (Å²) in [5.41, 5.74) is 2.89. The van der Waals surface area contributed by atoms with Crippen LogP contribution in [-0.4, -0.2) is 34.8 Å². The minimum atomic E-state index is -0.592. The van der Waals surface area contributed by atoms with Crippen molar-refractivity contribution in [2.75, 3.05) is 23.4 Å². The Balaban J connectivity index is 1.56. The minimum absolute atomic E-state index is 0.0593. The van der Waals surface area contributed by atoms with Gasteiger partial charge in [0.15, 0.2) is 0 Å². The fraction of sp³-hybridized carbons (Fsp3) is 0.391. The molecule has 29 heavy (non-hydrogen) atoms. The van der Waals surface area contributed by atoms with Crippen molar-refractivity contribution in [2.24, 2.45) is 0 Å². The van der Waals surface area contributed by atoms with Gasteiger partial charge in [-0.25, -0.2) is 0 Å². The Hall–Kier alpha value is -1.92. The lowest BCUT2D eigenvalue weighted by atomic mass is 10.0. The van der Waals surface area contributed by atoms with Gasteiger partial charge in [0.05, 0.1) is 4.58 Å². The fourth-order valence-electron chi connectivity index (χ4n) is 3.86. The third kappa shape index (κ3) is 4.98. The van der Waals surface area contributed by atoms with Crippen LogP contribution in [0.1, 0.15) is 47.4 Å². The average molecular weight is 427 g/mol. The Bertz CT molecular complexity index is 853. The number of carbonyl (C=O) groups is 2. The molecule has 0 saturated carbocycles. The second-order valence-corrected chi connectivity index (χ2v) is 10.1. The number of thioether (sulfide) groups is 2. The predicted octanol–water partition coefficient (Wildman–Crippen LogP) is 5.25. The molecule has 0 bridgehead atoms. The zero-order chi connectivity index (χ0) is 20.1. The lowest BCUT2D eigenvalue weighted by Crippen LogP contribution is -2.43. The smallest absolute Gasteiger partial charge is 0.251 e. The molecule has 1 atom stereocenters. The summed E-state index contributed by atoms with van der Waals surface area (Å²) in [5.74, 6) is 2.28. The molecule has 2 aliphatic rings. The molecule has 4 nitrogen and oxygen atoms in total. The summed E-state index contributed by atoms with van der Waals surface area (Å²) in [6.45, 7) is 0.626. The summed E-state index contributed by atoms with van der Waals surface area (Å²) >= 11 is 3.93. The highest BCUT2D eigenvalue weighted by atomic mass is 32.2. The van der Waals surface area contributed by atoms with Crippen LogP contribution in [0.3, 0.4) is 0 Å². The first kappa shape index (κ1) is 20.4. The number of anilines is 1. The van der Waals surface area contributed by atoms with E-state index in [4.69, 9.17) is 0 Å². The summed E-state index contributed by atoms with van der Waals surface area (Å²) < 4.78 is 0.425. The molecule has 1 unspecified atom stereocenters. The van der Waals surface area contributed by atoms with Gasteiger partial charge in [0.1, 0.15) is 6.04 Å². The molecular formula is C23H26N2O2S2. The highest BCUT2D eigenvalue weighted by molar-refractivity contribution is 8.16. The molecule has 2 amide bonds. The molecule has 2 aromatic rings. The van der Waals surface area contributed by atoms with Crippen LogP contribution in [-0.2, 0) is 9.59 Å². The van der Waals surface area contributed by atoms with Crippen LogP contribution >= 0.6 is 23.5 Å². The largest absolute Gasteiger partial charge is 0.327 e. The van der Waals surface area contributed by atoms with E-state index in [1.165, 1.54) is 23.5 Å². The molecule has 2 fully saturated rings. The summed E-state index contributed by atoms with van der Waals surface area (Å²) in [5, 5.41) is 3.09. The Labute approximate surface area is 180 Å². The van der Waals surface area contributed by atoms with Gasteiger partial charge in [-0.3, -0.25) is 9.59 Å². The van der Waals surface area contributed by atoms with E-state index in [-0.39, 0.29) is 11.8 Å². The van der Waals surface area contributed by atoms with E-state index in [1.807, 2.05) is 66.0 Å². The van der Waals surface area contributed by atoms with Gasteiger partial charge >= 0.3 is 0 Å². The Morgan fingerprint density at radius 1 is 1.00 bits per heavy atom. The average Bonchev–Trinajstić information content (AvgIpc) is 2.77. The van der Waals surface area contributed by atoms with E-state index < -0.39 is 6.04 Å². The standard InChI is InChI=1S/C23H26N2O2S2/c26-20-12-4-5-13-25(20)21(17-8-2-1-3-9-17)22(27)24-19-11-6-10-18(16-19)23-28-14-7-15-29-23/h1-3,6,8-11,16,21,23H,4-5,7,12-15H2,(H,24,27). The van der Waals surface area contributed by atoms with Crippen LogP contribution < -0.4 is 5.32 Å². The molecule has 152 valence electrons. The number of piperidine rings is 1. The number of hydrogen-bond donors (Lipinski definition) is 1. The topological polar surface area (TPSA) is 49.4 Å². The molecule has 0 aromatic heterocycles. The van der Waals surface area contributed by atoms with Crippen molar-refractivity contribution in [1.29, 1.82) is 0 Å². The lowest BCUT2D eigenvalue weighted by Gasteiger charge is -2.34. The summed E-state index contributed by atoms with van der Waals surface area (Å²) in [6.07, 6.45) is 3.61. The Morgan fingerprint density at radius 3 is 2.55 bits per heavy atom. The lowest BCUT2D eigenvalue weighted by molar-refractivity contribution is -0.141. The number of nitrogens with one attached hydrogen (secondary N) is 1. The molecule has 2 aromatic carbocycles. The molecule has 2 saturated heterocycles. The van der Waals surface area contributed by atoms with Crippen LogP contribution in [0.15, 0.2) is 54.6 Å². The third-order valence-electron chi connectivity index (χ3n) is 5.29. The van der Waals surface area contributed by atoms with Crippen LogP contribution in [0, 0.1) is 0 Å². The number of benzene rings is 2. The number of rotatable bonds is 5. The second-order valence-electron chi connectivity index (χ2n) is 7.40. The molecular weight excluding hydrogens is 400 g/mol. The van der Waals surface area contributed by atoms with Crippen LogP contribution in [0.5, 0.6) is 0 Å². The second kappa shape index (κ2) is 9.72. The van der Waals surface area contributed by atoms with E-state index >= 15 is 0 Å².